The Bertz CT molecular complexity index is 1020. The van der Waals surface area contributed by atoms with Crippen LogP contribution in [0, 0.1) is 5.92 Å². The van der Waals surface area contributed by atoms with Gasteiger partial charge < -0.3 is 24.4 Å². The number of methoxy groups -OCH3 is 1. The summed E-state index contributed by atoms with van der Waals surface area (Å²) in [6, 6.07) is 5.49. The maximum Gasteiger partial charge on any atom is 0.307 e. The van der Waals surface area contributed by atoms with E-state index in [1.54, 1.807) is 7.11 Å². The van der Waals surface area contributed by atoms with Gasteiger partial charge in [-0.3, -0.25) is 4.79 Å². The average Bonchev–Trinajstić information content (AvgIpc) is 2.96. The average molecular weight is 488 g/mol. The smallest absolute Gasteiger partial charge is 0.307 e. The number of piperazine rings is 1. The summed E-state index contributed by atoms with van der Waals surface area (Å²) in [6.07, 6.45) is 6.06. The van der Waals surface area contributed by atoms with Gasteiger partial charge in [-0.15, -0.1) is 0 Å². The number of halogens is 1. The van der Waals surface area contributed by atoms with Crippen LogP contribution in [-0.2, 0) is 14.3 Å². The van der Waals surface area contributed by atoms with E-state index < -0.39 is 0 Å². The maximum atomic E-state index is 12.5. The molecular formula is C26H34ClN3O4. The highest BCUT2D eigenvalue weighted by Crippen LogP contribution is 2.39. The number of amidine groups is 1. The molecule has 0 amide bonds. The Kier molecular flexibility index (Phi) is 7.65. The summed E-state index contributed by atoms with van der Waals surface area (Å²) in [6.45, 7) is 8.69. The van der Waals surface area contributed by atoms with E-state index in [0.717, 1.165) is 36.7 Å². The van der Waals surface area contributed by atoms with Crippen LogP contribution in [0.3, 0.4) is 0 Å². The first-order valence-electron chi connectivity index (χ1n) is 11.9. The van der Waals surface area contributed by atoms with Crippen molar-refractivity contribution >= 4 is 29.1 Å². The number of rotatable bonds is 6. The number of hydrogen-bond acceptors (Lipinski definition) is 7. The summed E-state index contributed by atoms with van der Waals surface area (Å²) in [5, 5.41) is 4.08. The van der Waals surface area contributed by atoms with Crippen molar-refractivity contribution in [3.8, 4) is 5.75 Å². The van der Waals surface area contributed by atoms with Crippen LogP contribution in [0.4, 0.5) is 5.69 Å². The molecule has 4 rings (SSSR count). The lowest BCUT2D eigenvalue weighted by atomic mass is 9.90. The molecule has 2 atom stereocenters. The van der Waals surface area contributed by atoms with E-state index in [-0.39, 0.29) is 23.5 Å². The number of benzene rings is 1. The minimum Gasteiger partial charge on any atom is -0.466 e. The van der Waals surface area contributed by atoms with Crippen LogP contribution in [0.15, 0.2) is 46.7 Å². The van der Waals surface area contributed by atoms with Crippen molar-refractivity contribution in [3.63, 3.8) is 0 Å². The van der Waals surface area contributed by atoms with E-state index in [2.05, 4.69) is 23.2 Å². The first kappa shape index (κ1) is 24.8. The number of fused-ring (bicyclic) bond motifs is 1. The lowest BCUT2D eigenvalue weighted by Crippen LogP contribution is -2.54. The molecule has 2 heterocycles. The van der Waals surface area contributed by atoms with Crippen LogP contribution in [0.25, 0.3) is 0 Å². The number of allylic oxidation sites excluding steroid dienone is 2. The number of nitrogens with zero attached hydrogens (tertiary/aromatic N) is 2. The number of hydrogen-bond donors (Lipinski definition) is 1. The Morgan fingerprint density at radius 3 is 3.00 bits per heavy atom. The highest BCUT2D eigenvalue weighted by Gasteiger charge is 2.32. The van der Waals surface area contributed by atoms with Crippen molar-refractivity contribution < 1.29 is 19.0 Å². The van der Waals surface area contributed by atoms with E-state index in [9.17, 15) is 4.79 Å². The molecule has 2 aliphatic heterocycles. The van der Waals surface area contributed by atoms with Crippen LogP contribution in [0.1, 0.15) is 40.0 Å². The molecule has 1 saturated heterocycles. The van der Waals surface area contributed by atoms with Gasteiger partial charge in [0.2, 0.25) is 0 Å². The van der Waals surface area contributed by atoms with Crippen molar-refractivity contribution in [1.82, 2.24) is 10.2 Å². The Balaban J connectivity index is 1.50. The van der Waals surface area contributed by atoms with Crippen LogP contribution in [0.5, 0.6) is 5.75 Å². The van der Waals surface area contributed by atoms with Crippen LogP contribution in [-0.4, -0.2) is 61.7 Å². The standard InChI is InChI=1S/C26H34ClN3O4/c1-17-6-5-7-22-24(17)25(29-20-14-18(27)8-9-21(20)34-22)30-12-11-28-19(16-30)15-23(31)33-13-10-26(2,3)32-4/h5,7-9,14,17,19,28H,6,10-13,15-16H2,1-4H3/t17?,19-/m0/s1. The van der Waals surface area contributed by atoms with Crippen LogP contribution >= 0.6 is 11.6 Å². The third kappa shape index (κ3) is 5.82. The Labute approximate surface area is 206 Å². The van der Waals surface area contributed by atoms with Gasteiger partial charge >= 0.3 is 5.97 Å². The number of nitrogens with one attached hydrogen (secondary N) is 1. The summed E-state index contributed by atoms with van der Waals surface area (Å²) >= 11 is 6.27. The van der Waals surface area contributed by atoms with Crippen LogP contribution in [0.2, 0.25) is 5.02 Å². The first-order valence-corrected chi connectivity index (χ1v) is 12.3. The quantitative estimate of drug-likeness (QED) is 0.589. The first-order chi connectivity index (χ1) is 16.3. The third-order valence-electron chi connectivity index (χ3n) is 6.61. The number of esters is 1. The molecule has 0 aromatic heterocycles. The largest absolute Gasteiger partial charge is 0.466 e. The zero-order chi connectivity index (χ0) is 24.3. The van der Waals surface area contributed by atoms with Crippen LogP contribution < -0.4 is 10.1 Å². The number of carbonyl (C=O) groups is 1. The van der Waals surface area contributed by atoms with Crippen molar-refractivity contribution in [2.24, 2.45) is 10.9 Å². The predicted octanol–water partition coefficient (Wildman–Crippen LogP) is 4.63. The van der Waals surface area contributed by atoms with Gasteiger partial charge in [0.15, 0.2) is 5.75 Å². The molecule has 7 nitrogen and oxygen atoms in total. The topological polar surface area (TPSA) is 72.4 Å². The van der Waals surface area contributed by atoms with Gasteiger partial charge in [-0.05, 0) is 50.5 Å². The van der Waals surface area contributed by atoms with E-state index in [0.29, 0.717) is 42.5 Å². The second-order valence-corrected chi connectivity index (χ2v) is 10.1. The second-order valence-electron chi connectivity index (χ2n) is 9.70. The fraction of sp³-hybridized carbons (Fsp3) is 0.538. The number of carbonyl (C=O) groups excluding carboxylic acids is 1. The zero-order valence-electron chi connectivity index (χ0n) is 20.4. The summed E-state index contributed by atoms with van der Waals surface area (Å²) < 4.78 is 17.2. The second kappa shape index (κ2) is 10.5. The molecule has 0 bridgehead atoms. The lowest BCUT2D eigenvalue weighted by molar-refractivity contribution is -0.146. The van der Waals surface area contributed by atoms with Crippen molar-refractivity contribution in [2.75, 3.05) is 33.4 Å². The normalized spacial score (nSPS) is 22.4. The molecule has 1 aromatic carbocycles. The van der Waals surface area contributed by atoms with Gasteiger partial charge in [0.05, 0.1) is 18.6 Å². The number of ether oxygens (including phenoxy) is 3. The van der Waals surface area contributed by atoms with Gasteiger partial charge in [-0.1, -0.05) is 24.6 Å². The van der Waals surface area contributed by atoms with Gasteiger partial charge in [-0.2, -0.15) is 0 Å². The summed E-state index contributed by atoms with van der Waals surface area (Å²) in [7, 11) is 1.67. The molecule has 1 unspecified atom stereocenters. The molecule has 0 radical (unpaired) electrons. The van der Waals surface area contributed by atoms with E-state index in [1.807, 2.05) is 38.1 Å². The molecule has 1 N–H and O–H groups in total. The number of aliphatic imine (C=N–C) groups is 1. The minimum absolute atomic E-state index is 0.0270. The summed E-state index contributed by atoms with van der Waals surface area (Å²) in [5.41, 5.74) is 1.50. The van der Waals surface area contributed by atoms with E-state index in [1.165, 1.54) is 0 Å². The Morgan fingerprint density at radius 1 is 1.38 bits per heavy atom. The maximum absolute atomic E-state index is 12.5. The lowest BCUT2D eigenvalue weighted by Gasteiger charge is -2.37. The minimum atomic E-state index is -0.310. The Morgan fingerprint density at radius 2 is 2.21 bits per heavy atom. The predicted molar refractivity (Wildman–Crippen MR) is 134 cm³/mol. The van der Waals surface area contributed by atoms with Gasteiger partial charge in [0.25, 0.3) is 0 Å². The van der Waals surface area contributed by atoms with E-state index in [4.69, 9.17) is 30.8 Å². The summed E-state index contributed by atoms with van der Waals surface area (Å²) in [4.78, 5) is 19.8. The molecule has 184 valence electrons. The monoisotopic (exact) mass is 487 g/mol. The SMILES string of the molecule is COC(C)(C)CCOC(=O)C[C@H]1CN(C2=Nc3cc(Cl)ccc3OC3=C2C(C)CC=C3)CCN1. The molecule has 0 saturated carbocycles. The molecule has 3 aliphatic rings. The van der Waals surface area contributed by atoms with E-state index >= 15 is 0 Å². The molecule has 34 heavy (non-hydrogen) atoms. The fourth-order valence-electron chi connectivity index (χ4n) is 4.37. The molecule has 1 fully saturated rings. The summed E-state index contributed by atoms with van der Waals surface area (Å²) in [5.74, 6) is 2.48. The third-order valence-corrected chi connectivity index (χ3v) is 6.85. The van der Waals surface area contributed by atoms with Crippen molar-refractivity contribution in [3.05, 3.63) is 46.7 Å². The molecule has 8 heteroatoms. The van der Waals surface area contributed by atoms with Gasteiger partial charge in [-0.25, -0.2) is 4.99 Å². The van der Waals surface area contributed by atoms with Gasteiger partial charge in [0.1, 0.15) is 17.3 Å². The highest BCUT2D eigenvalue weighted by molar-refractivity contribution is 6.31. The molecular weight excluding hydrogens is 454 g/mol. The van der Waals surface area contributed by atoms with Crippen molar-refractivity contribution in [1.29, 1.82) is 0 Å². The Hall–Kier alpha value is -2.35. The van der Waals surface area contributed by atoms with Crippen molar-refractivity contribution in [2.45, 2.75) is 51.7 Å². The molecule has 1 aromatic rings. The zero-order valence-corrected chi connectivity index (χ0v) is 21.2. The fourth-order valence-corrected chi connectivity index (χ4v) is 4.54. The molecule has 1 aliphatic carbocycles. The van der Waals surface area contributed by atoms with Gasteiger partial charge in [0, 0.05) is 49.8 Å². The highest BCUT2D eigenvalue weighted by atomic mass is 35.5. The molecule has 0 spiro atoms.